The van der Waals surface area contributed by atoms with Gasteiger partial charge in [-0.1, -0.05) is 0 Å². The molecule has 0 atom stereocenters. The maximum absolute atomic E-state index is 11.6. The normalized spacial score (nSPS) is 12.9. The molecule has 0 aromatic rings. The van der Waals surface area contributed by atoms with E-state index < -0.39 is 26.9 Å². The number of sulfonamides is 1. The molecule has 7 heteroatoms. The fourth-order valence-electron chi connectivity index (χ4n) is 1.11. The molecule has 0 radical (unpaired) electrons. The van der Waals surface area contributed by atoms with Gasteiger partial charge in [-0.25, -0.2) is 13.1 Å². The molecule has 1 amide bonds. The van der Waals surface area contributed by atoms with Crippen LogP contribution < -0.4 is 10.0 Å². The fourth-order valence-corrected chi connectivity index (χ4v) is 2.19. The van der Waals surface area contributed by atoms with Crippen molar-refractivity contribution in [2.45, 2.75) is 33.2 Å². The summed E-state index contributed by atoms with van der Waals surface area (Å²) in [6.07, 6.45) is 1.05. The molecule has 0 bridgehead atoms. The number of hydrogen-bond donors (Lipinski definition) is 2. The summed E-state index contributed by atoms with van der Waals surface area (Å²) in [5.74, 6) is -0.427. The van der Waals surface area contributed by atoms with E-state index in [0.29, 0.717) is 0 Å². The van der Waals surface area contributed by atoms with Crippen LogP contribution >= 0.6 is 0 Å². The van der Waals surface area contributed by atoms with Crippen molar-refractivity contribution in [3.05, 3.63) is 0 Å². The van der Waals surface area contributed by atoms with Crippen LogP contribution in [0.2, 0.25) is 0 Å². The van der Waals surface area contributed by atoms with Gasteiger partial charge in [-0.15, -0.1) is 0 Å². The first kappa shape index (κ1) is 15.9. The van der Waals surface area contributed by atoms with Crippen molar-refractivity contribution < 1.29 is 13.2 Å². The second kappa shape index (κ2) is 5.02. The summed E-state index contributed by atoms with van der Waals surface area (Å²) in [6.45, 7) is 6.41. The smallest absolute Gasteiger partial charge is 0.239 e. The second-order valence-electron chi connectivity index (χ2n) is 5.18. The maximum Gasteiger partial charge on any atom is 0.239 e. The third-order valence-electron chi connectivity index (χ3n) is 2.00. The lowest BCUT2D eigenvalue weighted by Gasteiger charge is -2.26. The Balaban J connectivity index is 4.50. The quantitative estimate of drug-likeness (QED) is 0.726. The minimum absolute atomic E-state index is 0.115. The molecule has 0 unspecified atom stereocenters. The molecule has 0 aliphatic carbocycles. The number of nitrogens with zero attached hydrogens (tertiary/aromatic N) is 1. The Kier molecular flexibility index (Phi) is 4.69. The molecule has 0 saturated heterocycles. The summed E-state index contributed by atoms with van der Waals surface area (Å²) in [5, 5.41) is 11.3. The van der Waals surface area contributed by atoms with Gasteiger partial charge in [-0.05, 0) is 27.7 Å². The van der Waals surface area contributed by atoms with Crippen molar-refractivity contribution in [3.63, 3.8) is 0 Å². The summed E-state index contributed by atoms with van der Waals surface area (Å²) in [4.78, 5) is 11.6. The van der Waals surface area contributed by atoms with Crippen molar-refractivity contribution in [2.24, 2.45) is 5.41 Å². The van der Waals surface area contributed by atoms with Gasteiger partial charge in [-0.2, -0.15) is 5.26 Å². The standard InChI is InChI=1S/C10H19N3O3S/c1-9(2,6-11)8(14)12-7-10(3,4)13-17(5,15)16/h13H,7H2,1-5H3,(H,12,14). The lowest BCUT2D eigenvalue weighted by Crippen LogP contribution is -2.52. The lowest BCUT2D eigenvalue weighted by atomic mass is 9.94. The monoisotopic (exact) mass is 261 g/mol. The van der Waals surface area contributed by atoms with Crippen molar-refractivity contribution >= 4 is 15.9 Å². The molecule has 0 fully saturated rings. The van der Waals surface area contributed by atoms with Gasteiger partial charge in [0.05, 0.1) is 12.3 Å². The largest absolute Gasteiger partial charge is 0.353 e. The Bertz CT molecular complexity index is 432. The van der Waals surface area contributed by atoms with E-state index in [2.05, 4.69) is 10.0 Å². The van der Waals surface area contributed by atoms with Gasteiger partial charge in [0.2, 0.25) is 15.9 Å². The van der Waals surface area contributed by atoms with Crippen LogP contribution in [-0.2, 0) is 14.8 Å². The Labute approximate surface area is 102 Å². The minimum atomic E-state index is -3.34. The molecule has 98 valence electrons. The molecular formula is C10H19N3O3S. The highest BCUT2D eigenvalue weighted by Crippen LogP contribution is 2.13. The summed E-state index contributed by atoms with van der Waals surface area (Å²) < 4.78 is 24.5. The molecule has 0 heterocycles. The predicted octanol–water partition coefficient (Wildman–Crippen LogP) is -0.0198. The first-order chi connectivity index (χ1) is 7.40. The van der Waals surface area contributed by atoms with Gasteiger partial charge in [0.1, 0.15) is 5.41 Å². The highest BCUT2D eigenvalue weighted by Gasteiger charge is 2.29. The number of carbonyl (C=O) groups is 1. The zero-order valence-corrected chi connectivity index (χ0v) is 11.6. The Morgan fingerprint density at radius 2 is 1.76 bits per heavy atom. The molecule has 0 aliphatic rings. The number of rotatable bonds is 5. The van der Waals surface area contributed by atoms with Crippen LogP contribution in [0.15, 0.2) is 0 Å². The van der Waals surface area contributed by atoms with Crippen LogP contribution in [0.25, 0.3) is 0 Å². The topological polar surface area (TPSA) is 99.1 Å². The number of nitrogens with one attached hydrogen (secondary N) is 2. The average Bonchev–Trinajstić information content (AvgIpc) is 2.10. The van der Waals surface area contributed by atoms with E-state index in [1.165, 1.54) is 13.8 Å². The molecule has 0 spiro atoms. The molecule has 0 saturated carbocycles. The van der Waals surface area contributed by atoms with E-state index in [-0.39, 0.29) is 6.54 Å². The Morgan fingerprint density at radius 1 is 1.29 bits per heavy atom. The van der Waals surface area contributed by atoms with Gasteiger partial charge in [0.25, 0.3) is 0 Å². The van der Waals surface area contributed by atoms with Crippen molar-refractivity contribution in [2.75, 3.05) is 12.8 Å². The van der Waals surface area contributed by atoms with Crippen LogP contribution in [0, 0.1) is 16.7 Å². The van der Waals surface area contributed by atoms with Crippen LogP contribution in [0.4, 0.5) is 0 Å². The summed E-state index contributed by atoms with van der Waals surface area (Å²) in [7, 11) is -3.34. The Morgan fingerprint density at radius 3 is 2.12 bits per heavy atom. The third kappa shape index (κ3) is 6.24. The zero-order chi connectivity index (χ0) is 13.9. The van der Waals surface area contributed by atoms with E-state index in [9.17, 15) is 13.2 Å². The fraction of sp³-hybridized carbons (Fsp3) is 0.800. The van der Waals surface area contributed by atoms with Crippen molar-refractivity contribution in [3.8, 4) is 6.07 Å². The molecule has 0 aromatic heterocycles. The molecule has 0 rings (SSSR count). The molecule has 17 heavy (non-hydrogen) atoms. The zero-order valence-electron chi connectivity index (χ0n) is 10.8. The van der Waals surface area contributed by atoms with Crippen LogP contribution in [0.5, 0.6) is 0 Å². The van der Waals surface area contributed by atoms with Crippen molar-refractivity contribution in [1.82, 2.24) is 10.0 Å². The molecule has 2 N–H and O–H groups in total. The second-order valence-corrected chi connectivity index (χ2v) is 6.93. The lowest BCUT2D eigenvalue weighted by molar-refractivity contribution is -0.127. The molecule has 0 aliphatic heterocycles. The van der Waals surface area contributed by atoms with Gasteiger partial charge in [0, 0.05) is 12.1 Å². The highest BCUT2D eigenvalue weighted by atomic mass is 32.2. The number of nitriles is 1. The summed E-state index contributed by atoms with van der Waals surface area (Å²) >= 11 is 0. The SMILES string of the molecule is CC(C)(CNC(=O)C(C)(C)C#N)NS(C)(=O)=O. The van der Waals surface area contributed by atoms with Crippen LogP contribution in [0.1, 0.15) is 27.7 Å². The van der Waals surface area contributed by atoms with E-state index in [4.69, 9.17) is 5.26 Å². The Hall–Kier alpha value is -1.13. The van der Waals surface area contributed by atoms with Gasteiger partial charge >= 0.3 is 0 Å². The summed E-state index contributed by atoms with van der Waals surface area (Å²) in [5.41, 5.74) is -1.92. The van der Waals surface area contributed by atoms with E-state index in [0.717, 1.165) is 6.26 Å². The van der Waals surface area contributed by atoms with Gasteiger partial charge in [-0.3, -0.25) is 4.79 Å². The predicted molar refractivity (Wildman–Crippen MR) is 64.5 cm³/mol. The van der Waals surface area contributed by atoms with Crippen LogP contribution in [-0.4, -0.2) is 32.7 Å². The van der Waals surface area contributed by atoms with Gasteiger partial charge in [0.15, 0.2) is 0 Å². The number of hydrogen-bond acceptors (Lipinski definition) is 4. The van der Waals surface area contributed by atoms with Gasteiger partial charge < -0.3 is 5.32 Å². The molecular weight excluding hydrogens is 242 g/mol. The first-order valence-corrected chi connectivity index (χ1v) is 6.97. The number of carbonyl (C=O) groups excluding carboxylic acids is 1. The minimum Gasteiger partial charge on any atom is -0.353 e. The van der Waals surface area contributed by atoms with Crippen molar-refractivity contribution in [1.29, 1.82) is 5.26 Å². The number of amides is 1. The third-order valence-corrected chi connectivity index (χ3v) is 2.92. The van der Waals surface area contributed by atoms with E-state index in [1.54, 1.807) is 13.8 Å². The van der Waals surface area contributed by atoms with E-state index in [1.807, 2.05) is 6.07 Å². The highest BCUT2D eigenvalue weighted by molar-refractivity contribution is 7.88. The molecule has 0 aromatic carbocycles. The first-order valence-electron chi connectivity index (χ1n) is 5.08. The van der Waals surface area contributed by atoms with Crippen LogP contribution in [0.3, 0.4) is 0 Å². The maximum atomic E-state index is 11.6. The van der Waals surface area contributed by atoms with E-state index >= 15 is 0 Å². The summed E-state index contributed by atoms with van der Waals surface area (Å²) in [6, 6.07) is 1.87. The molecule has 6 nitrogen and oxygen atoms in total. The average molecular weight is 261 g/mol.